The number of nitrogens with one attached hydrogen (secondary N) is 1. The van der Waals surface area contributed by atoms with Gasteiger partial charge in [0.1, 0.15) is 5.76 Å². The molecule has 178 valence electrons. The van der Waals surface area contributed by atoms with Crippen LogP contribution in [0.25, 0.3) is 0 Å². The van der Waals surface area contributed by atoms with Gasteiger partial charge in [0, 0.05) is 38.2 Å². The fourth-order valence-electron chi connectivity index (χ4n) is 4.69. The highest BCUT2D eigenvalue weighted by molar-refractivity contribution is 5.92. The summed E-state index contributed by atoms with van der Waals surface area (Å²) in [5.74, 6) is -0.684. The molecule has 1 unspecified atom stereocenters. The maximum absolute atomic E-state index is 14.2. The van der Waals surface area contributed by atoms with Crippen LogP contribution in [0, 0.1) is 18.3 Å². The first-order valence-electron chi connectivity index (χ1n) is 11.0. The molecule has 1 aromatic heterocycles. The number of alkyl halides is 3. The Hall–Kier alpha value is -2.88. The molecule has 0 aliphatic carbocycles. The van der Waals surface area contributed by atoms with Crippen molar-refractivity contribution in [3.63, 3.8) is 0 Å². The lowest BCUT2D eigenvalue weighted by molar-refractivity contribution is -0.224. The van der Waals surface area contributed by atoms with Gasteiger partial charge in [-0.05, 0) is 38.3 Å². The number of nitrogens with zero attached hydrogens (tertiary/aromatic N) is 3. The van der Waals surface area contributed by atoms with Crippen LogP contribution in [0.15, 0.2) is 40.9 Å². The SMILES string of the molecule is Cc1cc(NC(=O)C2CCN(C(=O)C3(C(F)(F)F)CCN(Cc4ccccc4)C3)CC2)no1. The van der Waals surface area contributed by atoms with E-state index >= 15 is 0 Å². The lowest BCUT2D eigenvalue weighted by Gasteiger charge is -2.39. The van der Waals surface area contributed by atoms with Crippen LogP contribution in [0.5, 0.6) is 0 Å². The third-order valence-corrected chi connectivity index (χ3v) is 6.58. The molecule has 2 fully saturated rings. The van der Waals surface area contributed by atoms with Gasteiger partial charge in [-0.25, -0.2) is 0 Å². The van der Waals surface area contributed by atoms with E-state index in [1.54, 1.807) is 17.9 Å². The van der Waals surface area contributed by atoms with Gasteiger partial charge in [0.05, 0.1) is 0 Å². The Kier molecular flexibility index (Phi) is 6.47. The zero-order chi connectivity index (χ0) is 23.6. The number of hydrogen-bond acceptors (Lipinski definition) is 5. The highest BCUT2D eigenvalue weighted by atomic mass is 19.4. The number of rotatable bonds is 5. The van der Waals surface area contributed by atoms with Crippen LogP contribution < -0.4 is 5.32 Å². The lowest BCUT2D eigenvalue weighted by atomic mass is 9.83. The van der Waals surface area contributed by atoms with Crippen LogP contribution in [0.3, 0.4) is 0 Å². The number of halogens is 3. The highest BCUT2D eigenvalue weighted by Gasteiger charge is 2.64. The summed E-state index contributed by atoms with van der Waals surface area (Å²) in [7, 11) is 0. The zero-order valence-corrected chi connectivity index (χ0v) is 18.4. The van der Waals surface area contributed by atoms with Crippen LogP contribution >= 0.6 is 0 Å². The van der Waals surface area contributed by atoms with Crippen molar-refractivity contribution in [2.24, 2.45) is 11.3 Å². The molecule has 1 aromatic carbocycles. The first-order chi connectivity index (χ1) is 15.7. The summed E-state index contributed by atoms with van der Waals surface area (Å²) >= 11 is 0. The molecule has 2 amide bonds. The van der Waals surface area contributed by atoms with Gasteiger partial charge < -0.3 is 14.7 Å². The van der Waals surface area contributed by atoms with Crippen LogP contribution in [0.1, 0.15) is 30.6 Å². The Morgan fingerprint density at radius 3 is 2.48 bits per heavy atom. The van der Waals surface area contributed by atoms with Crippen molar-refractivity contribution in [3.8, 4) is 0 Å². The van der Waals surface area contributed by atoms with Gasteiger partial charge in [0.25, 0.3) is 0 Å². The van der Waals surface area contributed by atoms with Crippen molar-refractivity contribution in [2.45, 2.75) is 38.9 Å². The predicted molar refractivity (Wildman–Crippen MR) is 114 cm³/mol. The minimum atomic E-state index is -4.64. The molecule has 7 nitrogen and oxygen atoms in total. The summed E-state index contributed by atoms with van der Waals surface area (Å²) in [6.07, 6.45) is -4.30. The monoisotopic (exact) mass is 464 g/mol. The maximum Gasteiger partial charge on any atom is 0.404 e. The molecule has 0 saturated carbocycles. The quantitative estimate of drug-likeness (QED) is 0.732. The summed E-state index contributed by atoms with van der Waals surface area (Å²) in [6.45, 7) is 2.16. The first kappa shape index (κ1) is 23.3. The molecule has 1 atom stereocenters. The molecule has 0 radical (unpaired) electrons. The Morgan fingerprint density at radius 2 is 1.88 bits per heavy atom. The van der Waals surface area contributed by atoms with E-state index in [9.17, 15) is 22.8 Å². The molecule has 0 spiro atoms. The maximum atomic E-state index is 14.2. The first-order valence-corrected chi connectivity index (χ1v) is 11.0. The Morgan fingerprint density at radius 1 is 1.18 bits per heavy atom. The average molecular weight is 464 g/mol. The van der Waals surface area contributed by atoms with Gasteiger partial charge in [0.15, 0.2) is 11.2 Å². The number of piperidine rings is 1. The smallest absolute Gasteiger partial charge is 0.360 e. The van der Waals surface area contributed by atoms with Crippen molar-refractivity contribution < 1.29 is 27.3 Å². The largest absolute Gasteiger partial charge is 0.404 e. The number of hydrogen-bond donors (Lipinski definition) is 1. The van der Waals surface area contributed by atoms with E-state index in [1.165, 1.54) is 4.90 Å². The van der Waals surface area contributed by atoms with E-state index in [1.807, 2.05) is 30.3 Å². The van der Waals surface area contributed by atoms with Gasteiger partial charge in [-0.3, -0.25) is 14.5 Å². The molecule has 10 heteroatoms. The summed E-state index contributed by atoms with van der Waals surface area (Å²) in [5, 5.41) is 6.38. The second kappa shape index (κ2) is 9.17. The predicted octanol–water partition coefficient (Wildman–Crippen LogP) is 3.61. The van der Waals surface area contributed by atoms with E-state index in [0.717, 1.165) is 5.56 Å². The van der Waals surface area contributed by atoms with Crippen LogP contribution in [-0.4, -0.2) is 59.1 Å². The van der Waals surface area contributed by atoms with Crippen LogP contribution in [0.2, 0.25) is 0 Å². The molecular formula is C23H27F3N4O3. The third-order valence-electron chi connectivity index (χ3n) is 6.58. The molecule has 2 aliphatic heterocycles. The van der Waals surface area contributed by atoms with E-state index in [0.29, 0.717) is 31.0 Å². The van der Waals surface area contributed by atoms with Crippen molar-refractivity contribution in [1.82, 2.24) is 15.0 Å². The van der Waals surface area contributed by atoms with E-state index < -0.39 is 23.4 Å². The highest BCUT2D eigenvalue weighted by Crippen LogP contribution is 2.47. The second-order valence-corrected chi connectivity index (χ2v) is 8.90. The number of aromatic nitrogens is 1. The zero-order valence-electron chi connectivity index (χ0n) is 18.4. The number of anilines is 1. The second-order valence-electron chi connectivity index (χ2n) is 8.90. The summed E-state index contributed by atoms with van der Waals surface area (Å²) in [4.78, 5) is 28.6. The van der Waals surface area contributed by atoms with Gasteiger partial charge in [-0.2, -0.15) is 13.2 Å². The van der Waals surface area contributed by atoms with E-state index in [4.69, 9.17) is 4.52 Å². The molecule has 4 rings (SSSR count). The number of amides is 2. The number of carbonyl (C=O) groups is 2. The topological polar surface area (TPSA) is 78.7 Å². The Labute approximate surface area is 189 Å². The Balaban J connectivity index is 1.38. The molecule has 2 aliphatic rings. The van der Waals surface area contributed by atoms with Crippen LogP contribution in [-0.2, 0) is 16.1 Å². The van der Waals surface area contributed by atoms with Crippen LogP contribution in [0.4, 0.5) is 19.0 Å². The molecule has 2 saturated heterocycles. The summed E-state index contributed by atoms with van der Waals surface area (Å²) in [6, 6.07) is 10.9. The lowest BCUT2D eigenvalue weighted by Crippen LogP contribution is -2.55. The average Bonchev–Trinajstić information content (AvgIpc) is 3.40. The molecule has 0 bridgehead atoms. The molecular weight excluding hydrogens is 437 g/mol. The summed E-state index contributed by atoms with van der Waals surface area (Å²) < 4.78 is 47.6. The fraction of sp³-hybridized carbons (Fsp3) is 0.522. The minimum absolute atomic E-state index is 0.116. The fourth-order valence-corrected chi connectivity index (χ4v) is 4.69. The number of aryl methyl sites for hydroxylation is 1. The molecule has 33 heavy (non-hydrogen) atoms. The minimum Gasteiger partial charge on any atom is -0.360 e. The van der Waals surface area contributed by atoms with Crippen molar-refractivity contribution in [1.29, 1.82) is 0 Å². The van der Waals surface area contributed by atoms with Gasteiger partial charge in [0.2, 0.25) is 11.8 Å². The van der Waals surface area contributed by atoms with E-state index in [-0.39, 0.29) is 38.5 Å². The normalized spacial score (nSPS) is 22.5. The van der Waals surface area contributed by atoms with Gasteiger partial charge in [-0.15, -0.1) is 0 Å². The van der Waals surface area contributed by atoms with Crippen molar-refractivity contribution >= 4 is 17.6 Å². The third kappa shape index (κ3) is 4.90. The molecule has 1 N–H and O–H groups in total. The van der Waals surface area contributed by atoms with Gasteiger partial charge in [-0.1, -0.05) is 35.5 Å². The number of carbonyl (C=O) groups excluding carboxylic acids is 2. The van der Waals surface area contributed by atoms with E-state index in [2.05, 4.69) is 10.5 Å². The molecule has 2 aromatic rings. The van der Waals surface area contributed by atoms with Crippen molar-refractivity contribution in [3.05, 3.63) is 47.7 Å². The van der Waals surface area contributed by atoms with Gasteiger partial charge >= 0.3 is 6.18 Å². The van der Waals surface area contributed by atoms with Crippen molar-refractivity contribution in [2.75, 3.05) is 31.5 Å². The molecule has 3 heterocycles. The number of benzene rings is 1. The Bertz CT molecular complexity index is 986. The summed E-state index contributed by atoms with van der Waals surface area (Å²) in [5.41, 5.74) is -1.49. The number of likely N-dealkylation sites (tertiary alicyclic amines) is 2. The standard InChI is InChI=1S/C23H27F3N4O3/c1-16-13-19(28-33-16)27-20(31)18-7-10-30(11-8-18)21(32)22(23(24,25)26)9-12-29(15-22)14-17-5-3-2-4-6-17/h2-6,13,18H,7-12,14-15H2,1H3,(H,27,28,31).